The van der Waals surface area contributed by atoms with Crippen LogP contribution in [0.5, 0.6) is 0 Å². The summed E-state index contributed by atoms with van der Waals surface area (Å²) in [5.41, 5.74) is 0.892. The second-order valence-electron chi connectivity index (χ2n) is 4.52. The molecule has 110 valence electrons. The van der Waals surface area contributed by atoms with Gasteiger partial charge in [-0.15, -0.1) is 0 Å². The summed E-state index contributed by atoms with van der Waals surface area (Å²) in [6.07, 6.45) is 2.88. The van der Waals surface area contributed by atoms with Crippen LogP contribution in [0.2, 0.25) is 0 Å². The number of oxazole rings is 1. The minimum absolute atomic E-state index is 0.348. The van der Waals surface area contributed by atoms with E-state index in [0.29, 0.717) is 11.4 Å². The molecule has 22 heavy (non-hydrogen) atoms. The molecular weight excluding hydrogens is 290 g/mol. The van der Waals surface area contributed by atoms with Crippen LogP contribution in [0, 0.1) is 11.6 Å². The summed E-state index contributed by atoms with van der Waals surface area (Å²) in [5, 5.41) is 2.51. The highest BCUT2D eigenvalue weighted by molar-refractivity contribution is 6.04. The monoisotopic (exact) mass is 300 g/mol. The Labute approximate surface area is 124 Å². The molecule has 0 aliphatic rings. The summed E-state index contributed by atoms with van der Waals surface area (Å²) in [5.74, 6) is -1.58. The van der Waals surface area contributed by atoms with Crippen LogP contribution < -0.4 is 5.32 Å². The van der Waals surface area contributed by atoms with E-state index < -0.39 is 17.5 Å². The van der Waals surface area contributed by atoms with Crippen molar-refractivity contribution in [3.63, 3.8) is 0 Å². The number of hydrogen-bond donors (Lipinski definition) is 1. The molecule has 2 aromatic carbocycles. The molecule has 0 atom stereocenters. The van der Waals surface area contributed by atoms with Gasteiger partial charge < -0.3 is 9.73 Å². The van der Waals surface area contributed by atoms with Crippen molar-refractivity contribution in [2.24, 2.45) is 0 Å². The van der Waals surface area contributed by atoms with E-state index in [4.69, 9.17) is 4.42 Å². The van der Waals surface area contributed by atoms with Crippen LogP contribution in [0.1, 0.15) is 10.4 Å². The quantitative estimate of drug-likeness (QED) is 0.798. The number of hydrogen-bond acceptors (Lipinski definition) is 3. The Kier molecular flexibility index (Phi) is 3.65. The Hall–Kier alpha value is -3.02. The van der Waals surface area contributed by atoms with Crippen molar-refractivity contribution in [1.29, 1.82) is 0 Å². The van der Waals surface area contributed by atoms with Gasteiger partial charge in [-0.3, -0.25) is 4.79 Å². The fourth-order valence-corrected chi connectivity index (χ4v) is 1.95. The Morgan fingerprint density at radius 3 is 2.55 bits per heavy atom. The van der Waals surface area contributed by atoms with Gasteiger partial charge in [0.05, 0.1) is 11.8 Å². The average Bonchev–Trinajstić information content (AvgIpc) is 3.05. The van der Waals surface area contributed by atoms with Crippen molar-refractivity contribution in [2.45, 2.75) is 0 Å². The number of carbonyl (C=O) groups excluding carboxylic acids is 1. The second kappa shape index (κ2) is 5.77. The standard InChI is InChI=1S/C16H10F2N2O2/c17-11-3-6-14(18)13(7-11)16(21)20-12-4-1-10(2-5-12)15-8-19-9-22-15/h1-9H,(H,20,21). The third-order valence-electron chi connectivity index (χ3n) is 3.03. The van der Waals surface area contributed by atoms with Crippen LogP contribution in [0.4, 0.5) is 14.5 Å². The van der Waals surface area contributed by atoms with Crippen LogP contribution in [0.25, 0.3) is 11.3 Å². The molecule has 4 nitrogen and oxygen atoms in total. The van der Waals surface area contributed by atoms with E-state index in [1.807, 2.05) is 0 Å². The SMILES string of the molecule is O=C(Nc1ccc(-c2cnco2)cc1)c1cc(F)ccc1F. The molecule has 0 fully saturated rings. The van der Waals surface area contributed by atoms with Gasteiger partial charge in [0.25, 0.3) is 5.91 Å². The van der Waals surface area contributed by atoms with E-state index in [9.17, 15) is 13.6 Å². The van der Waals surface area contributed by atoms with E-state index >= 15 is 0 Å². The summed E-state index contributed by atoms with van der Waals surface area (Å²) in [7, 11) is 0. The summed E-state index contributed by atoms with van der Waals surface area (Å²) >= 11 is 0. The van der Waals surface area contributed by atoms with Gasteiger partial charge in [0.15, 0.2) is 12.2 Å². The van der Waals surface area contributed by atoms with E-state index in [2.05, 4.69) is 10.3 Å². The van der Waals surface area contributed by atoms with Crippen LogP contribution in [-0.2, 0) is 0 Å². The Balaban J connectivity index is 1.78. The predicted octanol–water partition coefficient (Wildman–Crippen LogP) is 3.87. The molecule has 0 saturated carbocycles. The Morgan fingerprint density at radius 1 is 1.09 bits per heavy atom. The number of benzene rings is 2. The number of carbonyl (C=O) groups is 1. The number of aromatic nitrogens is 1. The second-order valence-corrected chi connectivity index (χ2v) is 4.52. The topological polar surface area (TPSA) is 55.1 Å². The first kappa shape index (κ1) is 13.9. The summed E-state index contributed by atoms with van der Waals surface area (Å²) < 4.78 is 31.8. The maximum absolute atomic E-state index is 13.5. The molecule has 0 bridgehead atoms. The fraction of sp³-hybridized carbons (Fsp3) is 0. The summed E-state index contributed by atoms with van der Waals surface area (Å²) in [6, 6.07) is 9.43. The van der Waals surface area contributed by atoms with Crippen LogP contribution in [-0.4, -0.2) is 10.9 Å². The fourth-order valence-electron chi connectivity index (χ4n) is 1.95. The van der Waals surface area contributed by atoms with Gasteiger partial charge in [-0.25, -0.2) is 13.8 Å². The normalized spacial score (nSPS) is 10.5. The summed E-state index contributed by atoms with van der Waals surface area (Å²) in [6.45, 7) is 0. The molecule has 1 N–H and O–H groups in total. The molecule has 3 aromatic rings. The zero-order valence-corrected chi connectivity index (χ0v) is 11.2. The molecule has 0 aliphatic heterocycles. The van der Waals surface area contributed by atoms with E-state index in [0.717, 1.165) is 23.8 Å². The molecule has 6 heteroatoms. The number of amides is 1. The first-order chi connectivity index (χ1) is 10.6. The Morgan fingerprint density at radius 2 is 1.86 bits per heavy atom. The van der Waals surface area contributed by atoms with Gasteiger partial charge in [0.2, 0.25) is 0 Å². The molecule has 0 unspecified atom stereocenters. The van der Waals surface area contributed by atoms with Crippen molar-refractivity contribution in [3.8, 4) is 11.3 Å². The highest BCUT2D eigenvalue weighted by Gasteiger charge is 2.13. The molecule has 3 rings (SSSR count). The molecule has 1 heterocycles. The highest BCUT2D eigenvalue weighted by atomic mass is 19.1. The van der Waals surface area contributed by atoms with Gasteiger partial charge in [-0.1, -0.05) is 0 Å². The van der Waals surface area contributed by atoms with Crippen molar-refractivity contribution in [1.82, 2.24) is 4.98 Å². The van der Waals surface area contributed by atoms with Crippen molar-refractivity contribution in [2.75, 3.05) is 5.32 Å². The molecule has 0 spiro atoms. The third kappa shape index (κ3) is 2.85. The first-order valence-electron chi connectivity index (χ1n) is 6.39. The van der Waals surface area contributed by atoms with Gasteiger partial charge in [0.1, 0.15) is 11.6 Å². The smallest absolute Gasteiger partial charge is 0.258 e. The van der Waals surface area contributed by atoms with Crippen molar-refractivity contribution >= 4 is 11.6 Å². The minimum Gasteiger partial charge on any atom is -0.444 e. The summed E-state index contributed by atoms with van der Waals surface area (Å²) in [4.78, 5) is 15.8. The zero-order chi connectivity index (χ0) is 15.5. The number of nitrogens with zero attached hydrogens (tertiary/aromatic N) is 1. The van der Waals surface area contributed by atoms with Crippen LogP contribution in [0.3, 0.4) is 0 Å². The van der Waals surface area contributed by atoms with E-state index in [1.54, 1.807) is 30.5 Å². The minimum atomic E-state index is -0.780. The lowest BCUT2D eigenvalue weighted by atomic mass is 10.1. The van der Waals surface area contributed by atoms with Crippen LogP contribution >= 0.6 is 0 Å². The molecule has 1 aromatic heterocycles. The van der Waals surface area contributed by atoms with Gasteiger partial charge >= 0.3 is 0 Å². The van der Waals surface area contributed by atoms with E-state index in [-0.39, 0.29) is 5.56 Å². The van der Waals surface area contributed by atoms with E-state index in [1.165, 1.54) is 6.39 Å². The lowest BCUT2D eigenvalue weighted by Crippen LogP contribution is -2.14. The lowest BCUT2D eigenvalue weighted by Gasteiger charge is -2.07. The third-order valence-corrected chi connectivity index (χ3v) is 3.03. The molecule has 0 saturated heterocycles. The number of halogens is 2. The number of rotatable bonds is 3. The molecule has 0 radical (unpaired) electrons. The Bertz CT molecular complexity index is 800. The maximum Gasteiger partial charge on any atom is 0.258 e. The first-order valence-corrected chi connectivity index (χ1v) is 6.39. The predicted molar refractivity (Wildman–Crippen MR) is 76.3 cm³/mol. The number of nitrogens with one attached hydrogen (secondary N) is 1. The zero-order valence-electron chi connectivity index (χ0n) is 11.2. The van der Waals surface area contributed by atoms with Gasteiger partial charge in [0, 0.05) is 11.3 Å². The van der Waals surface area contributed by atoms with Crippen molar-refractivity contribution in [3.05, 3.63) is 72.3 Å². The van der Waals surface area contributed by atoms with Gasteiger partial charge in [-0.2, -0.15) is 0 Å². The molecule has 0 aliphatic carbocycles. The number of anilines is 1. The highest BCUT2D eigenvalue weighted by Crippen LogP contribution is 2.21. The molecular formula is C16H10F2N2O2. The van der Waals surface area contributed by atoms with Gasteiger partial charge in [-0.05, 0) is 42.5 Å². The average molecular weight is 300 g/mol. The molecule has 1 amide bonds. The van der Waals surface area contributed by atoms with Crippen LogP contribution in [0.15, 0.2) is 59.5 Å². The van der Waals surface area contributed by atoms with Crippen molar-refractivity contribution < 1.29 is 18.0 Å². The largest absolute Gasteiger partial charge is 0.444 e. The maximum atomic E-state index is 13.5. The lowest BCUT2D eigenvalue weighted by molar-refractivity contribution is 0.102.